The van der Waals surface area contributed by atoms with Gasteiger partial charge in [-0.05, 0) is 18.2 Å². The largest absolute Gasteiger partial charge is 0.477 e. The monoisotopic (exact) mass is 232 g/mol. The third-order valence-corrected chi connectivity index (χ3v) is 2.02. The number of anilines is 1. The summed E-state index contributed by atoms with van der Waals surface area (Å²) in [6.45, 7) is 0. The molecule has 0 unspecified atom stereocenters. The van der Waals surface area contributed by atoms with Crippen LogP contribution in [0.25, 0.3) is 0 Å². The van der Waals surface area contributed by atoms with Crippen molar-refractivity contribution in [3.8, 4) is 0 Å². The van der Waals surface area contributed by atoms with Crippen molar-refractivity contribution in [3.63, 3.8) is 0 Å². The number of nitrogens with one attached hydrogen (secondary N) is 1. The van der Waals surface area contributed by atoms with E-state index in [0.717, 1.165) is 0 Å². The zero-order valence-corrected chi connectivity index (χ0v) is 8.58. The highest BCUT2D eigenvalue weighted by Gasteiger charge is 2.08. The molecule has 0 spiro atoms. The smallest absolute Gasteiger partial charge is 0.354 e. The first kappa shape index (κ1) is 10.9. The first-order valence-electron chi connectivity index (χ1n) is 4.70. The SMILES string of the molecule is O=C(Nc1ccc(C(=O)O)nc1)c1ccoc1. The van der Waals surface area contributed by atoms with Crippen LogP contribution in [0.1, 0.15) is 20.8 Å². The Hall–Kier alpha value is -2.63. The van der Waals surface area contributed by atoms with Crippen molar-refractivity contribution in [1.82, 2.24) is 4.98 Å². The van der Waals surface area contributed by atoms with Gasteiger partial charge >= 0.3 is 5.97 Å². The number of nitrogens with zero attached hydrogens (tertiary/aromatic N) is 1. The fourth-order valence-electron chi connectivity index (χ4n) is 1.19. The highest BCUT2D eigenvalue weighted by atomic mass is 16.4. The van der Waals surface area contributed by atoms with Crippen LogP contribution in [0.4, 0.5) is 5.69 Å². The third kappa shape index (κ3) is 2.49. The van der Waals surface area contributed by atoms with E-state index in [0.29, 0.717) is 11.3 Å². The maximum Gasteiger partial charge on any atom is 0.354 e. The van der Waals surface area contributed by atoms with Crippen LogP contribution < -0.4 is 5.32 Å². The first-order chi connectivity index (χ1) is 8.16. The molecular weight excluding hydrogens is 224 g/mol. The number of amides is 1. The van der Waals surface area contributed by atoms with Crippen LogP contribution in [-0.4, -0.2) is 22.0 Å². The summed E-state index contributed by atoms with van der Waals surface area (Å²) in [7, 11) is 0. The van der Waals surface area contributed by atoms with E-state index < -0.39 is 5.97 Å². The summed E-state index contributed by atoms with van der Waals surface area (Å²) in [4.78, 5) is 25.8. The summed E-state index contributed by atoms with van der Waals surface area (Å²) < 4.78 is 4.77. The van der Waals surface area contributed by atoms with Crippen molar-refractivity contribution >= 4 is 17.6 Å². The molecule has 0 saturated heterocycles. The molecule has 0 aliphatic carbocycles. The third-order valence-electron chi connectivity index (χ3n) is 2.02. The standard InChI is InChI=1S/C11H8N2O4/c14-10(7-3-4-17-6-7)13-8-1-2-9(11(15)16)12-5-8/h1-6H,(H,13,14)(H,15,16). The van der Waals surface area contributed by atoms with Crippen LogP contribution in [0.15, 0.2) is 41.3 Å². The lowest BCUT2D eigenvalue weighted by atomic mass is 10.3. The lowest BCUT2D eigenvalue weighted by Crippen LogP contribution is -2.11. The summed E-state index contributed by atoms with van der Waals surface area (Å²) >= 11 is 0. The summed E-state index contributed by atoms with van der Waals surface area (Å²) in [6, 6.07) is 4.30. The molecule has 17 heavy (non-hydrogen) atoms. The molecule has 2 rings (SSSR count). The van der Waals surface area contributed by atoms with Crippen LogP contribution in [0.2, 0.25) is 0 Å². The molecule has 0 fully saturated rings. The zero-order valence-electron chi connectivity index (χ0n) is 8.58. The molecule has 86 valence electrons. The van der Waals surface area contributed by atoms with Gasteiger partial charge in [0.05, 0.1) is 23.7 Å². The van der Waals surface area contributed by atoms with Crippen LogP contribution in [0.5, 0.6) is 0 Å². The van der Waals surface area contributed by atoms with Gasteiger partial charge in [0.25, 0.3) is 5.91 Å². The number of carboxylic acids is 1. The number of rotatable bonds is 3. The molecule has 6 heteroatoms. The topological polar surface area (TPSA) is 92.4 Å². The van der Waals surface area contributed by atoms with Crippen LogP contribution >= 0.6 is 0 Å². The molecule has 2 N–H and O–H groups in total. The van der Waals surface area contributed by atoms with E-state index in [1.807, 2.05) is 0 Å². The molecule has 0 aliphatic rings. The predicted molar refractivity (Wildman–Crippen MR) is 57.9 cm³/mol. The second kappa shape index (κ2) is 4.48. The molecule has 2 heterocycles. The van der Waals surface area contributed by atoms with Gasteiger partial charge in [0.2, 0.25) is 0 Å². The molecule has 6 nitrogen and oxygen atoms in total. The maximum atomic E-state index is 11.6. The molecule has 0 atom stereocenters. The van der Waals surface area contributed by atoms with Gasteiger partial charge in [0, 0.05) is 0 Å². The normalized spacial score (nSPS) is 9.88. The van der Waals surface area contributed by atoms with Gasteiger partial charge in [0.15, 0.2) is 0 Å². The molecule has 0 aromatic carbocycles. The first-order valence-corrected chi connectivity index (χ1v) is 4.70. The summed E-state index contributed by atoms with van der Waals surface area (Å²) in [5.41, 5.74) is 0.722. The Labute approximate surface area is 95.9 Å². The average Bonchev–Trinajstić information content (AvgIpc) is 2.83. The average molecular weight is 232 g/mol. The number of pyridine rings is 1. The van der Waals surface area contributed by atoms with Gasteiger partial charge < -0.3 is 14.8 Å². The zero-order chi connectivity index (χ0) is 12.3. The van der Waals surface area contributed by atoms with Gasteiger partial charge in [-0.15, -0.1) is 0 Å². The molecule has 0 radical (unpaired) electrons. The molecule has 0 bridgehead atoms. The predicted octanol–water partition coefficient (Wildman–Crippen LogP) is 1.63. The maximum absolute atomic E-state index is 11.6. The second-order valence-corrected chi connectivity index (χ2v) is 3.20. The highest BCUT2D eigenvalue weighted by molar-refractivity contribution is 6.04. The quantitative estimate of drug-likeness (QED) is 0.838. The second-order valence-electron chi connectivity index (χ2n) is 3.20. The number of hydrogen-bond acceptors (Lipinski definition) is 4. The number of carbonyl (C=O) groups excluding carboxylic acids is 1. The van der Waals surface area contributed by atoms with E-state index in [1.165, 1.54) is 36.9 Å². The van der Waals surface area contributed by atoms with Crippen molar-refractivity contribution in [2.45, 2.75) is 0 Å². The van der Waals surface area contributed by atoms with E-state index in [9.17, 15) is 9.59 Å². The van der Waals surface area contributed by atoms with E-state index >= 15 is 0 Å². The lowest BCUT2D eigenvalue weighted by Gasteiger charge is -2.02. The number of aromatic nitrogens is 1. The van der Waals surface area contributed by atoms with Gasteiger partial charge in [-0.1, -0.05) is 0 Å². The minimum Gasteiger partial charge on any atom is -0.477 e. The molecule has 2 aromatic heterocycles. The molecular formula is C11H8N2O4. The number of carboxylic acid groups (broad SMARTS) is 1. The van der Waals surface area contributed by atoms with E-state index in [2.05, 4.69) is 10.3 Å². The Morgan fingerprint density at radius 2 is 2.12 bits per heavy atom. The fourth-order valence-corrected chi connectivity index (χ4v) is 1.19. The van der Waals surface area contributed by atoms with Crippen molar-refractivity contribution < 1.29 is 19.1 Å². The Bertz CT molecular complexity index is 531. The molecule has 0 aliphatic heterocycles. The highest BCUT2D eigenvalue weighted by Crippen LogP contribution is 2.09. The Balaban J connectivity index is 2.09. The van der Waals surface area contributed by atoms with Crippen molar-refractivity contribution in [1.29, 1.82) is 0 Å². The Kier molecular flexibility index (Phi) is 2.87. The van der Waals surface area contributed by atoms with Gasteiger partial charge in [-0.25, -0.2) is 9.78 Å². The van der Waals surface area contributed by atoms with Crippen molar-refractivity contribution in [2.24, 2.45) is 0 Å². The van der Waals surface area contributed by atoms with Gasteiger partial charge in [0.1, 0.15) is 12.0 Å². The van der Waals surface area contributed by atoms with Crippen molar-refractivity contribution in [3.05, 3.63) is 48.2 Å². The fraction of sp³-hybridized carbons (Fsp3) is 0. The number of aromatic carboxylic acids is 1. The van der Waals surface area contributed by atoms with E-state index in [-0.39, 0.29) is 11.6 Å². The van der Waals surface area contributed by atoms with Gasteiger partial charge in [-0.2, -0.15) is 0 Å². The summed E-state index contributed by atoms with van der Waals surface area (Å²) in [6.07, 6.45) is 3.98. The Morgan fingerprint density at radius 1 is 1.29 bits per heavy atom. The van der Waals surface area contributed by atoms with Crippen LogP contribution in [-0.2, 0) is 0 Å². The Morgan fingerprint density at radius 3 is 2.65 bits per heavy atom. The van der Waals surface area contributed by atoms with Crippen LogP contribution in [0, 0.1) is 0 Å². The summed E-state index contributed by atoms with van der Waals surface area (Å²) in [5, 5.41) is 11.2. The van der Waals surface area contributed by atoms with E-state index in [4.69, 9.17) is 9.52 Å². The minimum atomic E-state index is -1.11. The number of hydrogen-bond donors (Lipinski definition) is 2. The minimum absolute atomic E-state index is 0.0775. The number of carbonyl (C=O) groups is 2. The van der Waals surface area contributed by atoms with Gasteiger partial charge in [-0.3, -0.25) is 4.79 Å². The van der Waals surface area contributed by atoms with Crippen LogP contribution in [0.3, 0.4) is 0 Å². The summed E-state index contributed by atoms with van der Waals surface area (Å²) in [5.74, 6) is -1.46. The molecule has 1 amide bonds. The lowest BCUT2D eigenvalue weighted by molar-refractivity contribution is 0.0690. The number of furan rings is 1. The van der Waals surface area contributed by atoms with Crippen molar-refractivity contribution in [2.75, 3.05) is 5.32 Å². The molecule has 0 saturated carbocycles. The van der Waals surface area contributed by atoms with E-state index in [1.54, 1.807) is 0 Å². The molecule has 2 aromatic rings.